The third-order valence-corrected chi connectivity index (χ3v) is 5.16. The first-order chi connectivity index (χ1) is 9.31. The van der Waals surface area contributed by atoms with Gasteiger partial charge in [0.2, 0.25) is 10.0 Å². The first kappa shape index (κ1) is 15.0. The van der Waals surface area contributed by atoms with Crippen LogP contribution in [0.25, 0.3) is 0 Å². The molecule has 0 radical (unpaired) electrons. The molecule has 0 atom stereocenters. The van der Waals surface area contributed by atoms with Gasteiger partial charge in [-0.05, 0) is 40.5 Å². The van der Waals surface area contributed by atoms with E-state index in [4.69, 9.17) is 5.73 Å². The van der Waals surface area contributed by atoms with Crippen LogP contribution in [0.5, 0.6) is 0 Å². The number of nitrogens with two attached hydrogens (primary N) is 1. The van der Waals surface area contributed by atoms with E-state index in [0.717, 1.165) is 0 Å². The van der Waals surface area contributed by atoms with Crippen molar-refractivity contribution in [2.24, 2.45) is 7.05 Å². The summed E-state index contributed by atoms with van der Waals surface area (Å²) >= 11 is 3.27. The highest BCUT2D eigenvalue weighted by Crippen LogP contribution is 2.26. The van der Waals surface area contributed by atoms with Gasteiger partial charge < -0.3 is 10.3 Å². The lowest BCUT2D eigenvalue weighted by Gasteiger charge is -2.11. The molecule has 6 nitrogen and oxygen atoms in total. The highest BCUT2D eigenvalue weighted by Gasteiger charge is 2.18. The Morgan fingerprint density at radius 2 is 2.15 bits per heavy atom. The first-order valence-corrected chi connectivity index (χ1v) is 8.10. The molecule has 0 saturated heterocycles. The van der Waals surface area contributed by atoms with Crippen molar-refractivity contribution in [3.8, 4) is 0 Å². The van der Waals surface area contributed by atoms with Gasteiger partial charge in [-0.3, -0.25) is 0 Å². The number of hydrogen-bond acceptors (Lipinski definition) is 4. The Hall–Kier alpha value is -1.38. The summed E-state index contributed by atoms with van der Waals surface area (Å²) in [6.45, 7) is 1.85. The van der Waals surface area contributed by atoms with Crippen LogP contribution in [0, 0.1) is 6.92 Å². The summed E-state index contributed by atoms with van der Waals surface area (Å²) in [7, 11) is -1.82. The highest BCUT2D eigenvalue weighted by molar-refractivity contribution is 9.10. The molecular formula is C12H15BrN4O2S. The van der Waals surface area contributed by atoms with E-state index in [9.17, 15) is 8.42 Å². The van der Waals surface area contributed by atoms with Crippen LogP contribution in [0.2, 0.25) is 0 Å². The van der Waals surface area contributed by atoms with Crippen LogP contribution in [0.15, 0.2) is 33.9 Å². The summed E-state index contributed by atoms with van der Waals surface area (Å²) in [6, 6.07) is 3.13. The normalized spacial score (nSPS) is 11.8. The second-order valence-electron chi connectivity index (χ2n) is 4.42. The largest absolute Gasteiger partial charge is 0.398 e. The molecule has 8 heteroatoms. The second kappa shape index (κ2) is 5.55. The molecule has 0 unspecified atom stereocenters. The average Bonchev–Trinajstić information content (AvgIpc) is 2.77. The zero-order valence-corrected chi connectivity index (χ0v) is 13.5. The molecule has 108 valence electrons. The number of halogens is 1. The minimum Gasteiger partial charge on any atom is -0.398 e. The summed E-state index contributed by atoms with van der Waals surface area (Å²) in [6.07, 6.45) is 3.37. The van der Waals surface area contributed by atoms with Crippen LogP contribution in [0.4, 0.5) is 5.69 Å². The van der Waals surface area contributed by atoms with Gasteiger partial charge in [0.1, 0.15) is 5.82 Å². The van der Waals surface area contributed by atoms with Crippen molar-refractivity contribution in [2.45, 2.75) is 18.4 Å². The Labute approximate surface area is 126 Å². The van der Waals surface area contributed by atoms with Gasteiger partial charge in [0, 0.05) is 29.6 Å². The number of nitrogen functional groups attached to an aromatic ring is 1. The monoisotopic (exact) mass is 358 g/mol. The van der Waals surface area contributed by atoms with E-state index in [2.05, 4.69) is 25.6 Å². The van der Waals surface area contributed by atoms with Gasteiger partial charge in [0.05, 0.1) is 11.4 Å². The predicted molar refractivity (Wildman–Crippen MR) is 80.5 cm³/mol. The number of sulfonamides is 1. The molecule has 0 fully saturated rings. The van der Waals surface area contributed by atoms with E-state index in [1.54, 1.807) is 37.0 Å². The first-order valence-electron chi connectivity index (χ1n) is 5.83. The van der Waals surface area contributed by atoms with Crippen LogP contribution in [-0.2, 0) is 23.6 Å². The fraction of sp³-hybridized carbons (Fsp3) is 0.250. The van der Waals surface area contributed by atoms with Crippen LogP contribution in [0.1, 0.15) is 11.4 Å². The fourth-order valence-electron chi connectivity index (χ4n) is 1.76. The topological polar surface area (TPSA) is 90.0 Å². The van der Waals surface area contributed by atoms with Gasteiger partial charge in [-0.1, -0.05) is 0 Å². The van der Waals surface area contributed by atoms with E-state index >= 15 is 0 Å². The van der Waals surface area contributed by atoms with Crippen LogP contribution in [-0.4, -0.2) is 18.0 Å². The van der Waals surface area contributed by atoms with Crippen molar-refractivity contribution in [1.82, 2.24) is 14.3 Å². The molecule has 1 aromatic heterocycles. The summed E-state index contributed by atoms with van der Waals surface area (Å²) in [4.78, 5) is 4.24. The van der Waals surface area contributed by atoms with Gasteiger partial charge in [-0.15, -0.1) is 0 Å². The third-order valence-electron chi connectivity index (χ3n) is 2.93. The summed E-state index contributed by atoms with van der Waals surface area (Å²) < 4.78 is 29.6. The Balaban J connectivity index is 2.27. The summed E-state index contributed by atoms with van der Waals surface area (Å²) in [5.41, 5.74) is 6.75. The van der Waals surface area contributed by atoms with Gasteiger partial charge >= 0.3 is 0 Å². The zero-order chi connectivity index (χ0) is 14.9. The molecule has 20 heavy (non-hydrogen) atoms. The Morgan fingerprint density at radius 1 is 1.45 bits per heavy atom. The van der Waals surface area contributed by atoms with Crippen molar-refractivity contribution < 1.29 is 8.42 Å². The molecule has 3 N–H and O–H groups in total. The van der Waals surface area contributed by atoms with Crippen molar-refractivity contribution in [1.29, 1.82) is 0 Å². The second-order valence-corrected chi connectivity index (χ2v) is 7.01. The maximum absolute atomic E-state index is 12.3. The maximum Gasteiger partial charge on any atom is 0.241 e. The van der Waals surface area contributed by atoms with Crippen LogP contribution < -0.4 is 10.5 Å². The Bertz CT molecular complexity index is 740. The van der Waals surface area contributed by atoms with E-state index in [0.29, 0.717) is 21.5 Å². The molecular weight excluding hydrogens is 344 g/mol. The molecule has 0 bridgehead atoms. The maximum atomic E-state index is 12.3. The number of nitrogens with zero attached hydrogens (tertiary/aromatic N) is 2. The fourth-order valence-corrected chi connectivity index (χ4v) is 3.46. The van der Waals surface area contributed by atoms with Gasteiger partial charge in [-0.25, -0.2) is 18.1 Å². The molecule has 1 heterocycles. The van der Waals surface area contributed by atoms with Gasteiger partial charge in [-0.2, -0.15) is 0 Å². The summed E-state index contributed by atoms with van der Waals surface area (Å²) in [5.74, 6) is 0.635. The zero-order valence-electron chi connectivity index (χ0n) is 11.1. The lowest BCUT2D eigenvalue weighted by molar-refractivity contribution is 0.577. The molecule has 0 aliphatic rings. The molecule has 0 spiro atoms. The number of hydrogen-bond donors (Lipinski definition) is 2. The Morgan fingerprint density at radius 3 is 2.75 bits per heavy atom. The highest BCUT2D eigenvalue weighted by atomic mass is 79.9. The van der Waals surface area contributed by atoms with Crippen LogP contribution in [0.3, 0.4) is 0 Å². The predicted octanol–water partition coefficient (Wildman–Crippen LogP) is 1.55. The Kier molecular flexibility index (Phi) is 4.17. The van der Waals surface area contributed by atoms with Crippen molar-refractivity contribution >= 4 is 31.6 Å². The van der Waals surface area contributed by atoms with E-state index in [-0.39, 0.29) is 11.4 Å². The quantitative estimate of drug-likeness (QED) is 0.811. The van der Waals surface area contributed by atoms with Gasteiger partial charge in [0.15, 0.2) is 0 Å². The smallest absolute Gasteiger partial charge is 0.241 e. The molecule has 0 amide bonds. The number of rotatable bonds is 4. The number of aryl methyl sites for hydroxylation is 2. The standard InChI is InChI=1S/C12H15BrN4O2S/c1-8-5-9(13)10(14)6-11(8)20(18,19)16-7-12-15-3-4-17(12)2/h3-6,16H,7,14H2,1-2H3. The minimum atomic E-state index is -3.63. The van der Waals surface area contributed by atoms with E-state index < -0.39 is 10.0 Å². The lowest BCUT2D eigenvalue weighted by Crippen LogP contribution is -2.25. The lowest BCUT2D eigenvalue weighted by atomic mass is 10.2. The number of nitrogens with one attached hydrogen (secondary N) is 1. The van der Waals surface area contributed by atoms with Crippen LogP contribution >= 0.6 is 15.9 Å². The van der Waals surface area contributed by atoms with E-state index in [1.165, 1.54) is 6.07 Å². The molecule has 0 saturated carbocycles. The van der Waals surface area contributed by atoms with Crippen molar-refractivity contribution in [3.63, 3.8) is 0 Å². The summed E-state index contributed by atoms with van der Waals surface area (Å²) in [5, 5.41) is 0. The van der Waals surface area contributed by atoms with Crippen molar-refractivity contribution in [3.05, 3.63) is 40.4 Å². The third kappa shape index (κ3) is 3.02. The number of anilines is 1. The SMILES string of the molecule is Cc1cc(Br)c(N)cc1S(=O)(=O)NCc1nccn1C. The molecule has 2 aromatic rings. The molecule has 1 aromatic carbocycles. The number of aromatic nitrogens is 2. The molecule has 2 rings (SSSR count). The minimum absolute atomic E-state index is 0.126. The number of benzene rings is 1. The van der Waals surface area contributed by atoms with E-state index in [1.807, 2.05) is 0 Å². The molecule has 0 aliphatic heterocycles. The molecule has 0 aliphatic carbocycles. The number of imidazole rings is 1. The van der Waals surface area contributed by atoms with Crippen molar-refractivity contribution in [2.75, 3.05) is 5.73 Å². The van der Waals surface area contributed by atoms with Gasteiger partial charge in [0.25, 0.3) is 0 Å². The average molecular weight is 359 g/mol.